The molecule has 0 aliphatic rings. The maximum Gasteiger partial charge on any atom is 0.305 e. The van der Waals surface area contributed by atoms with Crippen LogP contribution < -0.4 is 5.32 Å². The van der Waals surface area contributed by atoms with Crippen molar-refractivity contribution in [1.29, 1.82) is 0 Å². The molecule has 3 N–H and O–H groups in total. The normalized spacial score (nSPS) is 12.7. The third-order valence-corrected chi connectivity index (χ3v) is 14.2. The summed E-state index contributed by atoms with van der Waals surface area (Å²) in [4.78, 5) is 24.6. The van der Waals surface area contributed by atoms with Crippen molar-refractivity contribution in [3.05, 3.63) is 24.3 Å². The average Bonchev–Trinajstić information content (AvgIpc) is 3.34. The van der Waals surface area contributed by atoms with Crippen LogP contribution in [0, 0.1) is 0 Å². The largest absolute Gasteiger partial charge is 0.466 e. The lowest BCUT2D eigenvalue weighted by atomic mass is 10.0. The quantitative estimate of drug-likeness (QED) is 0.0321. The van der Waals surface area contributed by atoms with Gasteiger partial charge < -0.3 is 20.3 Å². The zero-order valence-electron chi connectivity index (χ0n) is 45.9. The molecule has 402 valence electrons. The third kappa shape index (κ3) is 53.7. The van der Waals surface area contributed by atoms with Crippen LogP contribution in [0.25, 0.3) is 0 Å². The van der Waals surface area contributed by atoms with Gasteiger partial charge in [-0.05, 0) is 57.8 Å². The number of carbonyl (C=O) groups is 2. The lowest BCUT2D eigenvalue weighted by Gasteiger charge is -2.20. The first-order chi connectivity index (χ1) is 33.5. The van der Waals surface area contributed by atoms with Crippen molar-refractivity contribution in [1.82, 2.24) is 5.32 Å². The Kier molecular flexibility index (Phi) is 56.5. The van der Waals surface area contributed by atoms with E-state index >= 15 is 0 Å². The number of aliphatic hydroxyl groups is 2. The van der Waals surface area contributed by atoms with Crippen molar-refractivity contribution in [3.63, 3.8) is 0 Å². The minimum atomic E-state index is -0.855. The zero-order chi connectivity index (χ0) is 49.3. The van der Waals surface area contributed by atoms with E-state index < -0.39 is 12.1 Å². The van der Waals surface area contributed by atoms with E-state index in [1.54, 1.807) is 6.08 Å². The van der Waals surface area contributed by atoms with Crippen molar-refractivity contribution in [2.75, 3.05) is 13.2 Å². The summed E-state index contributed by atoms with van der Waals surface area (Å²) >= 11 is 0. The Hall–Kier alpha value is -1.66. The van der Waals surface area contributed by atoms with E-state index in [4.69, 9.17) is 4.74 Å². The second kappa shape index (κ2) is 57.9. The molecule has 6 nitrogen and oxygen atoms in total. The first-order valence-electron chi connectivity index (χ1n) is 30.6. The highest BCUT2D eigenvalue weighted by Crippen LogP contribution is 2.17. The second-order valence-electron chi connectivity index (χ2n) is 21.0. The number of aliphatic hydroxyl groups excluding tert-OH is 2. The number of rotatable bonds is 57. The maximum atomic E-state index is 12.5. The van der Waals surface area contributed by atoms with Crippen LogP contribution in [-0.2, 0) is 14.3 Å². The zero-order valence-corrected chi connectivity index (χ0v) is 45.9. The van der Waals surface area contributed by atoms with Crippen LogP contribution in [0.2, 0.25) is 0 Å². The fourth-order valence-corrected chi connectivity index (χ4v) is 9.51. The Morgan fingerprint density at radius 2 is 0.691 bits per heavy atom. The molecule has 68 heavy (non-hydrogen) atoms. The van der Waals surface area contributed by atoms with Gasteiger partial charge in [-0.15, -0.1) is 0 Å². The summed E-state index contributed by atoms with van der Waals surface area (Å²) in [6.45, 7) is 4.91. The third-order valence-electron chi connectivity index (χ3n) is 14.2. The van der Waals surface area contributed by atoms with E-state index in [1.165, 1.54) is 244 Å². The van der Waals surface area contributed by atoms with Gasteiger partial charge >= 0.3 is 5.97 Å². The van der Waals surface area contributed by atoms with E-state index in [9.17, 15) is 19.8 Å². The number of nitrogens with one attached hydrogen (secondary N) is 1. The van der Waals surface area contributed by atoms with E-state index in [0.29, 0.717) is 19.4 Å². The van der Waals surface area contributed by atoms with Gasteiger partial charge in [0.25, 0.3) is 0 Å². The van der Waals surface area contributed by atoms with Crippen molar-refractivity contribution in [2.45, 2.75) is 347 Å². The molecule has 0 aromatic heterocycles. The van der Waals surface area contributed by atoms with Crippen LogP contribution in [-0.4, -0.2) is 47.4 Å². The van der Waals surface area contributed by atoms with Crippen LogP contribution in [0.3, 0.4) is 0 Å². The number of carbonyl (C=O) groups excluding carboxylic acids is 2. The summed E-state index contributed by atoms with van der Waals surface area (Å²) in [5.41, 5.74) is 0. The van der Waals surface area contributed by atoms with E-state index in [0.717, 1.165) is 64.2 Å². The number of hydrogen-bond acceptors (Lipinski definition) is 5. The number of ether oxygens (including phenoxy) is 1. The first kappa shape index (κ1) is 66.3. The van der Waals surface area contributed by atoms with Crippen molar-refractivity contribution in [2.24, 2.45) is 0 Å². The lowest BCUT2D eigenvalue weighted by molar-refractivity contribution is -0.143. The first-order valence-corrected chi connectivity index (χ1v) is 30.6. The minimum absolute atomic E-state index is 0.000919. The molecule has 0 aromatic rings. The Morgan fingerprint density at radius 1 is 0.397 bits per heavy atom. The molecule has 0 aromatic carbocycles. The highest BCUT2D eigenvalue weighted by molar-refractivity contribution is 5.76. The summed E-state index contributed by atoms with van der Waals surface area (Å²) in [5, 5.41) is 23.1. The van der Waals surface area contributed by atoms with Crippen LogP contribution in [0.5, 0.6) is 0 Å². The molecule has 0 saturated heterocycles. The number of amides is 1. The smallest absolute Gasteiger partial charge is 0.305 e. The molecule has 6 heteroatoms. The fraction of sp³-hybridized carbons (Fsp3) is 0.903. The second-order valence-corrected chi connectivity index (χ2v) is 21.0. The van der Waals surface area contributed by atoms with Gasteiger partial charge in [0.05, 0.1) is 25.4 Å². The summed E-state index contributed by atoms with van der Waals surface area (Å²) in [6, 6.07) is -0.640. The SMILES string of the molecule is CCCCCCCCCCCCCCCCC/C=C/C(O)C(CO)NC(=O)CCCCCCC/C=C\CCCCCCCCCOC(=O)CCCCCCCCCCCCCCCCCCCC. The molecule has 0 spiro atoms. The van der Waals surface area contributed by atoms with E-state index in [-0.39, 0.29) is 18.5 Å². The number of esters is 1. The van der Waals surface area contributed by atoms with Crippen molar-refractivity contribution in [3.8, 4) is 0 Å². The van der Waals surface area contributed by atoms with Crippen molar-refractivity contribution < 1.29 is 24.5 Å². The van der Waals surface area contributed by atoms with Gasteiger partial charge in [-0.3, -0.25) is 9.59 Å². The summed E-state index contributed by atoms with van der Waals surface area (Å²) < 4.78 is 5.49. The molecule has 0 heterocycles. The molecule has 0 rings (SSSR count). The number of allylic oxidation sites excluding steroid dienone is 3. The van der Waals surface area contributed by atoms with Crippen LogP contribution in [0.15, 0.2) is 24.3 Å². The predicted molar refractivity (Wildman–Crippen MR) is 296 cm³/mol. The Labute approximate surface area is 424 Å². The minimum Gasteiger partial charge on any atom is -0.466 e. The molecule has 0 saturated carbocycles. The number of hydrogen-bond donors (Lipinski definition) is 3. The average molecular weight is 959 g/mol. The molecule has 0 aliphatic heterocycles. The monoisotopic (exact) mass is 958 g/mol. The molecular weight excluding hydrogens is 839 g/mol. The van der Waals surface area contributed by atoms with Gasteiger partial charge in [0.2, 0.25) is 5.91 Å². The molecular formula is C62H119NO5. The van der Waals surface area contributed by atoms with E-state index in [2.05, 4.69) is 31.3 Å². The maximum absolute atomic E-state index is 12.5. The molecule has 0 radical (unpaired) electrons. The lowest BCUT2D eigenvalue weighted by Crippen LogP contribution is -2.45. The molecule has 0 bridgehead atoms. The van der Waals surface area contributed by atoms with Crippen LogP contribution >= 0.6 is 0 Å². The van der Waals surface area contributed by atoms with Gasteiger partial charge in [0, 0.05) is 12.8 Å². The molecule has 2 unspecified atom stereocenters. The number of unbranched alkanes of at least 4 members (excludes halogenated alkanes) is 44. The standard InChI is InChI=1S/C62H119NO5/c1-3-5-7-9-11-13-15-17-19-21-23-28-32-36-40-44-48-52-56-62(67)68-57-53-49-45-41-37-33-29-25-24-27-31-35-39-43-47-51-55-61(66)63-59(58-64)60(65)54-50-46-42-38-34-30-26-22-20-18-16-14-12-10-8-6-4-2/h24,27,50,54,59-60,64-65H,3-23,25-26,28-49,51-53,55-58H2,1-2H3,(H,63,66)/b27-24-,54-50+. The van der Waals surface area contributed by atoms with E-state index in [1.807, 2.05) is 6.08 Å². The van der Waals surface area contributed by atoms with Gasteiger partial charge in [0.1, 0.15) is 0 Å². The molecule has 0 aliphatic carbocycles. The van der Waals surface area contributed by atoms with Gasteiger partial charge in [-0.1, -0.05) is 289 Å². The topological polar surface area (TPSA) is 95.9 Å². The highest BCUT2D eigenvalue weighted by Gasteiger charge is 2.18. The molecule has 1 amide bonds. The summed E-state index contributed by atoms with van der Waals surface area (Å²) in [6.07, 6.45) is 70.6. The van der Waals surface area contributed by atoms with Gasteiger partial charge in [0.15, 0.2) is 0 Å². The summed E-state index contributed by atoms with van der Waals surface area (Å²) in [7, 11) is 0. The van der Waals surface area contributed by atoms with Crippen LogP contribution in [0.1, 0.15) is 335 Å². The Bertz CT molecular complexity index is 1060. The summed E-state index contributed by atoms with van der Waals surface area (Å²) in [5.74, 6) is -0.0819. The molecule has 2 atom stereocenters. The predicted octanol–water partition coefficient (Wildman–Crippen LogP) is 19.0. The van der Waals surface area contributed by atoms with Gasteiger partial charge in [-0.25, -0.2) is 0 Å². The fourth-order valence-electron chi connectivity index (χ4n) is 9.51. The Balaban J connectivity index is 3.46. The van der Waals surface area contributed by atoms with Crippen LogP contribution in [0.4, 0.5) is 0 Å². The highest BCUT2D eigenvalue weighted by atomic mass is 16.5. The van der Waals surface area contributed by atoms with Gasteiger partial charge in [-0.2, -0.15) is 0 Å². The van der Waals surface area contributed by atoms with Crippen molar-refractivity contribution >= 4 is 11.9 Å². The molecule has 0 fully saturated rings. The Morgan fingerprint density at radius 3 is 1.04 bits per heavy atom.